The van der Waals surface area contributed by atoms with E-state index in [0.29, 0.717) is 23.5 Å². The zero-order valence-electron chi connectivity index (χ0n) is 12.9. The van der Waals surface area contributed by atoms with E-state index in [1.807, 2.05) is 12.1 Å². The van der Waals surface area contributed by atoms with Gasteiger partial charge in [0.1, 0.15) is 12.4 Å². The molecule has 6 heteroatoms. The molecule has 0 saturated heterocycles. The Kier molecular flexibility index (Phi) is 6.72. The molecule has 0 bridgehead atoms. The maximum Gasteiger partial charge on any atom is 0.273 e. The summed E-state index contributed by atoms with van der Waals surface area (Å²) in [7, 11) is 0. The Morgan fingerprint density at radius 3 is 2.71 bits per heavy atom. The summed E-state index contributed by atoms with van der Waals surface area (Å²) in [6.07, 6.45) is 1.82. The smallest absolute Gasteiger partial charge is 0.273 e. The SMILES string of the molecule is C=CCOc1ccccc1/C=N\NC(=O)[C@H](O)c1ccc(Br)cc1. The van der Waals surface area contributed by atoms with Gasteiger partial charge in [-0.25, -0.2) is 5.43 Å². The molecule has 2 aromatic carbocycles. The van der Waals surface area contributed by atoms with Crippen LogP contribution >= 0.6 is 15.9 Å². The Labute approximate surface area is 148 Å². The van der Waals surface area contributed by atoms with E-state index < -0.39 is 12.0 Å². The van der Waals surface area contributed by atoms with Crippen molar-refractivity contribution in [3.8, 4) is 5.75 Å². The second-order valence-corrected chi connectivity index (χ2v) is 5.74. The van der Waals surface area contributed by atoms with Crippen LogP contribution in [0.15, 0.2) is 70.8 Å². The number of aliphatic hydroxyl groups excluding tert-OH is 1. The Morgan fingerprint density at radius 1 is 1.29 bits per heavy atom. The van der Waals surface area contributed by atoms with Crippen molar-refractivity contribution in [2.24, 2.45) is 5.10 Å². The first-order valence-corrected chi connectivity index (χ1v) is 8.00. The van der Waals surface area contributed by atoms with E-state index in [4.69, 9.17) is 4.74 Å². The Hall–Kier alpha value is -2.44. The van der Waals surface area contributed by atoms with E-state index in [0.717, 1.165) is 4.47 Å². The van der Waals surface area contributed by atoms with Crippen molar-refractivity contribution in [3.05, 3.63) is 76.8 Å². The minimum atomic E-state index is -1.29. The molecule has 2 aromatic rings. The van der Waals surface area contributed by atoms with Crippen LogP contribution in [0.3, 0.4) is 0 Å². The van der Waals surface area contributed by atoms with Crippen LogP contribution in [-0.4, -0.2) is 23.8 Å². The molecule has 5 nitrogen and oxygen atoms in total. The van der Waals surface area contributed by atoms with Gasteiger partial charge in [0.25, 0.3) is 5.91 Å². The maximum absolute atomic E-state index is 11.9. The fourth-order valence-corrected chi connectivity index (χ4v) is 2.15. The minimum absolute atomic E-state index is 0.374. The lowest BCUT2D eigenvalue weighted by molar-refractivity contribution is -0.129. The summed E-state index contributed by atoms with van der Waals surface area (Å²) in [5.41, 5.74) is 3.51. The predicted octanol–water partition coefficient (Wildman–Crippen LogP) is 3.20. The summed E-state index contributed by atoms with van der Waals surface area (Å²) in [6.45, 7) is 3.97. The second kappa shape index (κ2) is 9.00. The van der Waals surface area contributed by atoms with Gasteiger partial charge in [0.05, 0.1) is 6.21 Å². The summed E-state index contributed by atoms with van der Waals surface area (Å²) >= 11 is 3.30. The van der Waals surface area contributed by atoms with Gasteiger partial charge in [-0.3, -0.25) is 4.79 Å². The number of benzene rings is 2. The highest BCUT2D eigenvalue weighted by Crippen LogP contribution is 2.17. The molecule has 0 saturated carbocycles. The van der Waals surface area contributed by atoms with Gasteiger partial charge in [-0.1, -0.05) is 52.9 Å². The summed E-state index contributed by atoms with van der Waals surface area (Å²) in [6, 6.07) is 14.1. The van der Waals surface area contributed by atoms with Crippen molar-refractivity contribution < 1.29 is 14.6 Å². The molecule has 1 amide bonds. The van der Waals surface area contributed by atoms with Gasteiger partial charge in [-0.05, 0) is 29.8 Å². The number of hydrogen-bond acceptors (Lipinski definition) is 4. The minimum Gasteiger partial charge on any atom is -0.489 e. The molecular formula is C18H17BrN2O3. The average Bonchev–Trinajstić information content (AvgIpc) is 2.60. The van der Waals surface area contributed by atoms with Gasteiger partial charge in [0.15, 0.2) is 6.10 Å². The lowest BCUT2D eigenvalue weighted by Crippen LogP contribution is -2.25. The maximum atomic E-state index is 11.9. The molecule has 24 heavy (non-hydrogen) atoms. The molecule has 0 aromatic heterocycles. The monoisotopic (exact) mass is 388 g/mol. The van der Waals surface area contributed by atoms with Crippen LogP contribution in [0.25, 0.3) is 0 Å². The Bertz CT molecular complexity index is 729. The quantitative estimate of drug-likeness (QED) is 0.434. The number of ether oxygens (including phenoxy) is 1. The van der Waals surface area contributed by atoms with Gasteiger partial charge < -0.3 is 9.84 Å². The standard InChI is InChI=1S/C18H17BrN2O3/c1-2-11-24-16-6-4-3-5-14(16)12-20-21-18(23)17(22)13-7-9-15(19)10-8-13/h2-10,12,17,22H,1,11H2,(H,21,23)/b20-12-/t17-/m1/s1. The van der Waals surface area contributed by atoms with E-state index >= 15 is 0 Å². The van der Waals surface area contributed by atoms with Gasteiger partial charge in [0, 0.05) is 10.0 Å². The number of hydrogen-bond donors (Lipinski definition) is 2. The zero-order chi connectivity index (χ0) is 17.4. The van der Waals surface area contributed by atoms with E-state index in [9.17, 15) is 9.90 Å². The average molecular weight is 389 g/mol. The van der Waals surface area contributed by atoms with Gasteiger partial charge in [0.2, 0.25) is 0 Å². The number of halogens is 1. The van der Waals surface area contributed by atoms with Crippen LogP contribution in [0.4, 0.5) is 0 Å². The van der Waals surface area contributed by atoms with Crippen LogP contribution in [0.2, 0.25) is 0 Å². The highest BCUT2D eigenvalue weighted by molar-refractivity contribution is 9.10. The molecule has 2 N–H and O–H groups in total. The summed E-state index contributed by atoms with van der Waals surface area (Å²) in [5.74, 6) is 0.0157. The molecule has 0 spiro atoms. The number of amides is 1. The van der Waals surface area contributed by atoms with Crippen molar-refractivity contribution >= 4 is 28.1 Å². The van der Waals surface area contributed by atoms with Crippen molar-refractivity contribution in [3.63, 3.8) is 0 Å². The number of aliphatic hydroxyl groups is 1. The third-order valence-electron chi connectivity index (χ3n) is 3.09. The Morgan fingerprint density at radius 2 is 2.00 bits per heavy atom. The largest absolute Gasteiger partial charge is 0.489 e. The van der Waals surface area contributed by atoms with Crippen LogP contribution < -0.4 is 10.2 Å². The first-order valence-electron chi connectivity index (χ1n) is 7.21. The number of para-hydroxylation sites is 1. The fourth-order valence-electron chi connectivity index (χ4n) is 1.89. The number of nitrogens with zero attached hydrogens (tertiary/aromatic N) is 1. The predicted molar refractivity (Wildman–Crippen MR) is 97.0 cm³/mol. The van der Waals surface area contributed by atoms with Crippen molar-refractivity contribution in [1.29, 1.82) is 0 Å². The fraction of sp³-hybridized carbons (Fsp3) is 0.111. The zero-order valence-corrected chi connectivity index (χ0v) is 14.4. The van der Waals surface area contributed by atoms with Gasteiger partial charge in [-0.15, -0.1) is 0 Å². The molecule has 0 aliphatic carbocycles. The van der Waals surface area contributed by atoms with Gasteiger partial charge in [-0.2, -0.15) is 5.10 Å². The van der Waals surface area contributed by atoms with Gasteiger partial charge >= 0.3 is 0 Å². The van der Waals surface area contributed by atoms with Crippen LogP contribution in [0, 0.1) is 0 Å². The van der Waals surface area contributed by atoms with E-state index in [-0.39, 0.29) is 0 Å². The molecule has 0 fully saturated rings. The lowest BCUT2D eigenvalue weighted by Gasteiger charge is -2.09. The van der Waals surface area contributed by atoms with E-state index in [1.54, 1.807) is 42.5 Å². The van der Waals surface area contributed by atoms with Crippen LogP contribution in [0.5, 0.6) is 5.75 Å². The van der Waals surface area contributed by atoms with Crippen molar-refractivity contribution in [2.45, 2.75) is 6.10 Å². The summed E-state index contributed by atoms with van der Waals surface area (Å²) < 4.78 is 6.36. The van der Waals surface area contributed by atoms with E-state index in [2.05, 4.69) is 33.0 Å². The number of rotatable bonds is 7. The normalized spacial score (nSPS) is 11.9. The molecule has 124 valence electrons. The summed E-state index contributed by atoms with van der Waals surface area (Å²) in [4.78, 5) is 11.9. The Balaban J connectivity index is 1.99. The molecule has 0 unspecified atom stereocenters. The molecule has 0 radical (unpaired) electrons. The van der Waals surface area contributed by atoms with Crippen molar-refractivity contribution in [1.82, 2.24) is 5.43 Å². The third-order valence-corrected chi connectivity index (χ3v) is 3.62. The molecular weight excluding hydrogens is 372 g/mol. The third kappa shape index (κ3) is 5.04. The molecule has 0 aliphatic rings. The first-order chi connectivity index (χ1) is 11.6. The first kappa shape index (κ1) is 17.9. The number of carbonyl (C=O) groups is 1. The number of carbonyl (C=O) groups excluding carboxylic acids is 1. The number of nitrogens with one attached hydrogen (secondary N) is 1. The highest BCUT2D eigenvalue weighted by Gasteiger charge is 2.16. The van der Waals surface area contributed by atoms with E-state index in [1.165, 1.54) is 6.21 Å². The molecule has 0 heterocycles. The number of hydrazone groups is 1. The molecule has 2 rings (SSSR count). The lowest BCUT2D eigenvalue weighted by atomic mass is 10.1. The van der Waals surface area contributed by atoms with Crippen LogP contribution in [-0.2, 0) is 4.79 Å². The highest BCUT2D eigenvalue weighted by atomic mass is 79.9. The van der Waals surface area contributed by atoms with Crippen LogP contribution in [0.1, 0.15) is 17.2 Å². The molecule has 1 atom stereocenters. The second-order valence-electron chi connectivity index (χ2n) is 4.83. The molecule has 0 aliphatic heterocycles. The topological polar surface area (TPSA) is 70.9 Å². The summed E-state index contributed by atoms with van der Waals surface area (Å²) in [5, 5.41) is 13.9. The van der Waals surface area contributed by atoms with Crippen molar-refractivity contribution in [2.75, 3.05) is 6.61 Å².